The van der Waals surface area contributed by atoms with Crippen LogP contribution in [0.1, 0.15) is 43.1 Å². The van der Waals surface area contributed by atoms with Crippen molar-refractivity contribution in [1.29, 1.82) is 0 Å². The fourth-order valence-electron chi connectivity index (χ4n) is 4.74. The van der Waals surface area contributed by atoms with E-state index < -0.39 is 10.0 Å². The molecule has 1 aliphatic heterocycles. The first kappa shape index (κ1) is 26.0. The number of amides is 1. The Morgan fingerprint density at radius 1 is 0.972 bits per heavy atom. The van der Waals surface area contributed by atoms with E-state index in [2.05, 4.69) is 35.7 Å². The van der Waals surface area contributed by atoms with Gasteiger partial charge in [-0.05, 0) is 84.8 Å². The number of hydrogen-bond donors (Lipinski definition) is 2. The summed E-state index contributed by atoms with van der Waals surface area (Å²) in [4.78, 5) is 15.4. The highest BCUT2D eigenvalue weighted by atomic mass is 35.5. The topological polar surface area (TPSA) is 78.5 Å². The highest BCUT2D eigenvalue weighted by Crippen LogP contribution is 2.34. The van der Waals surface area contributed by atoms with Crippen molar-refractivity contribution in [1.82, 2.24) is 0 Å². The normalized spacial score (nSPS) is 18.1. The molecule has 0 saturated carbocycles. The lowest BCUT2D eigenvalue weighted by atomic mass is 9.91. The fraction of sp³-hybridized carbons (Fsp3) is 0.321. The van der Waals surface area contributed by atoms with E-state index in [0.29, 0.717) is 33.8 Å². The Kier molecular flexibility index (Phi) is 7.91. The van der Waals surface area contributed by atoms with Gasteiger partial charge in [-0.1, -0.05) is 44.5 Å². The molecule has 1 amide bonds. The molecule has 3 aromatic carbocycles. The molecule has 3 aromatic rings. The van der Waals surface area contributed by atoms with E-state index in [1.54, 1.807) is 24.3 Å². The molecule has 4 rings (SSSR count). The van der Waals surface area contributed by atoms with Crippen LogP contribution in [0, 0.1) is 11.8 Å². The molecule has 2 N–H and O–H groups in total. The third-order valence-electron chi connectivity index (χ3n) is 6.46. The summed E-state index contributed by atoms with van der Waals surface area (Å²) in [7, 11) is -3.89. The third-order valence-corrected chi connectivity index (χ3v) is 8.09. The molecule has 0 aliphatic carbocycles. The van der Waals surface area contributed by atoms with Crippen LogP contribution in [-0.2, 0) is 16.4 Å². The number of hydrogen-bond acceptors (Lipinski definition) is 4. The summed E-state index contributed by atoms with van der Waals surface area (Å²) >= 11 is 5.95. The van der Waals surface area contributed by atoms with Gasteiger partial charge in [0.25, 0.3) is 15.9 Å². The molecule has 36 heavy (non-hydrogen) atoms. The molecule has 0 bridgehead atoms. The maximum Gasteiger partial charge on any atom is 0.261 e. The number of aryl methyl sites for hydroxylation is 1. The molecule has 0 unspecified atom stereocenters. The average molecular weight is 526 g/mol. The van der Waals surface area contributed by atoms with Gasteiger partial charge in [0.15, 0.2) is 0 Å². The second-order valence-corrected chi connectivity index (χ2v) is 11.8. The summed E-state index contributed by atoms with van der Waals surface area (Å²) in [6.45, 7) is 8.11. The van der Waals surface area contributed by atoms with Crippen LogP contribution in [0.2, 0.25) is 5.02 Å². The Bertz CT molecular complexity index is 1320. The predicted octanol–water partition coefficient (Wildman–Crippen LogP) is 6.44. The van der Waals surface area contributed by atoms with Gasteiger partial charge in [-0.3, -0.25) is 9.52 Å². The molecule has 8 heteroatoms. The van der Waals surface area contributed by atoms with Gasteiger partial charge in [-0.15, -0.1) is 0 Å². The molecule has 1 heterocycles. The number of piperidine rings is 1. The van der Waals surface area contributed by atoms with Crippen LogP contribution in [-0.4, -0.2) is 27.4 Å². The quantitative estimate of drug-likeness (QED) is 0.372. The Balaban J connectivity index is 1.67. The summed E-state index contributed by atoms with van der Waals surface area (Å²) in [6.07, 6.45) is 2.04. The van der Waals surface area contributed by atoms with E-state index in [1.807, 2.05) is 30.3 Å². The van der Waals surface area contributed by atoms with Crippen molar-refractivity contribution < 1.29 is 13.2 Å². The molecule has 1 aliphatic rings. The number of rotatable bonds is 7. The highest BCUT2D eigenvalue weighted by Gasteiger charge is 2.26. The van der Waals surface area contributed by atoms with E-state index in [-0.39, 0.29) is 10.8 Å². The first-order chi connectivity index (χ1) is 17.1. The van der Waals surface area contributed by atoms with Gasteiger partial charge in [-0.25, -0.2) is 8.42 Å². The zero-order valence-electron chi connectivity index (χ0n) is 20.8. The molecule has 1 fully saturated rings. The summed E-state index contributed by atoms with van der Waals surface area (Å²) in [5.41, 5.74) is 3.37. The fourth-order valence-corrected chi connectivity index (χ4v) is 5.93. The van der Waals surface area contributed by atoms with Crippen molar-refractivity contribution in [2.24, 2.45) is 11.8 Å². The summed E-state index contributed by atoms with van der Waals surface area (Å²) in [6, 6.07) is 18.9. The van der Waals surface area contributed by atoms with Gasteiger partial charge in [0.1, 0.15) is 0 Å². The molecule has 190 valence electrons. The minimum atomic E-state index is -3.89. The van der Waals surface area contributed by atoms with Gasteiger partial charge in [0, 0.05) is 29.4 Å². The Morgan fingerprint density at radius 3 is 2.22 bits per heavy atom. The summed E-state index contributed by atoms with van der Waals surface area (Å²) in [5, 5.41) is 3.36. The number of nitrogens with zero attached hydrogens (tertiary/aromatic N) is 1. The Hall–Kier alpha value is -3.03. The van der Waals surface area contributed by atoms with Crippen molar-refractivity contribution in [3.8, 4) is 0 Å². The predicted molar refractivity (Wildman–Crippen MR) is 148 cm³/mol. The maximum atomic E-state index is 13.2. The highest BCUT2D eigenvalue weighted by molar-refractivity contribution is 7.92. The van der Waals surface area contributed by atoms with Crippen LogP contribution >= 0.6 is 11.6 Å². The number of carbonyl (C=O) groups is 1. The molecule has 2 atom stereocenters. The second-order valence-electron chi connectivity index (χ2n) is 9.65. The number of sulfonamides is 1. The monoisotopic (exact) mass is 525 g/mol. The lowest BCUT2D eigenvalue weighted by molar-refractivity contribution is 0.102. The SMILES string of the molecule is CCc1ccc(NC(=O)c2ccc(N3C[C@H](C)C[C@H](C)C3)c(NS(=O)(=O)c3ccc(Cl)cc3)c2)cc1. The molecule has 0 aromatic heterocycles. The van der Waals surface area contributed by atoms with E-state index in [1.165, 1.54) is 17.7 Å². The number of anilines is 3. The Morgan fingerprint density at radius 2 is 1.61 bits per heavy atom. The summed E-state index contributed by atoms with van der Waals surface area (Å²) < 4.78 is 29.2. The van der Waals surface area contributed by atoms with Gasteiger partial charge in [-0.2, -0.15) is 0 Å². The minimum absolute atomic E-state index is 0.101. The molecule has 6 nitrogen and oxygen atoms in total. The van der Waals surface area contributed by atoms with Gasteiger partial charge in [0.05, 0.1) is 16.3 Å². The zero-order valence-corrected chi connectivity index (χ0v) is 22.4. The van der Waals surface area contributed by atoms with Crippen molar-refractivity contribution >= 4 is 44.6 Å². The first-order valence-electron chi connectivity index (χ1n) is 12.2. The smallest absolute Gasteiger partial charge is 0.261 e. The van der Waals surface area contributed by atoms with Crippen LogP contribution < -0.4 is 14.9 Å². The molecule has 0 radical (unpaired) electrons. The van der Waals surface area contributed by atoms with Gasteiger partial charge >= 0.3 is 0 Å². The molecule has 0 spiro atoms. The van der Waals surface area contributed by atoms with Crippen LogP contribution in [0.15, 0.2) is 71.6 Å². The van der Waals surface area contributed by atoms with Crippen LogP contribution in [0.5, 0.6) is 0 Å². The molecular weight excluding hydrogens is 494 g/mol. The molecular formula is C28H32ClN3O3S. The molecule has 1 saturated heterocycles. The van der Waals surface area contributed by atoms with Crippen molar-refractivity contribution in [2.45, 2.75) is 38.5 Å². The van der Waals surface area contributed by atoms with E-state index in [4.69, 9.17) is 11.6 Å². The maximum absolute atomic E-state index is 13.2. The van der Waals surface area contributed by atoms with Crippen LogP contribution in [0.25, 0.3) is 0 Å². The second kappa shape index (κ2) is 10.9. The summed E-state index contributed by atoms with van der Waals surface area (Å²) in [5.74, 6) is 0.644. The lowest BCUT2D eigenvalue weighted by Gasteiger charge is -2.37. The van der Waals surface area contributed by atoms with Gasteiger partial charge in [0.2, 0.25) is 0 Å². The lowest BCUT2D eigenvalue weighted by Crippen LogP contribution is -2.39. The average Bonchev–Trinajstić information content (AvgIpc) is 2.84. The van der Waals surface area contributed by atoms with Crippen molar-refractivity contribution in [3.05, 3.63) is 82.9 Å². The van der Waals surface area contributed by atoms with Crippen molar-refractivity contribution in [2.75, 3.05) is 28.0 Å². The number of carbonyl (C=O) groups excluding carboxylic acids is 1. The van der Waals surface area contributed by atoms with Gasteiger partial charge < -0.3 is 10.2 Å². The van der Waals surface area contributed by atoms with E-state index in [9.17, 15) is 13.2 Å². The standard InChI is InChI=1S/C28H32ClN3O3S/c1-4-21-5-10-24(11-6-21)30-28(33)22-7-14-27(32-17-19(2)15-20(3)18-32)26(16-22)31-36(34,35)25-12-8-23(29)9-13-25/h5-14,16,19-20,31H,4,15,17-18H2,1-3H3,(H,30,33)/t19-,20+. The Labute approximate surface area is 218 Å². The first-order valence-corrected chi connectivity index (χ1v) is 14.1. The van der Waals surface area contributed by atoms with E-state index >= 15 is 0 Å². The van der Waals surface area contributed by atoms with Crippen molar-refractivity contribution in [3.63, 3.8) is 0 Å². The number of halogens is 1. The minimum Gasteiger partial charge on any atom is -0.369 e. The largest absolute Gasteiger partial charge is 0.369 e. The number of benzene rings is 3. The van der Waals surface area contributed by atoms with E-state index in [0.717, 1.165) is 31.6 Å². The van der Waals surface area contributed by atoms with Crippen LogP contribution in [0.4, 0.5) is 17.1 Å². The number of nitrogens with one attached hydrogen (secondary N) is 2. The van der Waals surface area contributed by atoms with Crippen LogP contribution in [0.3, 0.4) is 0 Å². The zero-order chi connectivity index (χ0) is 25.9. The third kappa shape index (κ3) is 6.20.